The van der Waals surface area contributed by atoms with Gasteiger partial charge in [0, 0.05) is 18.9 Å². The SMILES string of the molecule is CCOC(=O)C(Cc1oc(C)nc1-c1ccc(C(F)(F)F)cc1)C(=O)OCC. The molecule has 2 aromatic rings. The summed E-state index contributed by atoms with van der Waals surface area (Å²) in [6.45, 7) is 4.92. The Morgan fingerprint density at radius 1 is 1.07 bits per heavy atom. The van der Waals surface area contributed by atoms with Crippen LogP contribution in [-0.4, -0.2) is 30.1 Å². The number of carbonyl (C=O) groups excluding carboxylic acids is 2. The average molecular weight is 399 g/mol. The van der Waals surface area contributed by atoms with Crippen molar-refractivity contribution < 1.29 is 36.7 Å². The zero-order chi connectivity index (χ0) is 20.9. The topological polar surface area (TPSA) is 78.6 Å². The van der Waals surface area contributed by atoms with Gasteiger partial charge in [0.05, 0.1) is 18.8 Å². The first-order valence-corrected chi connectivity index (χ1v) is 8.64. The first-order chi connectivity index (χ1) is 13.2. The lowest BCUT2D eigenvalue weighted by Gasteiger charge is -2.13. The fourth-order valence-electron chi connectivity index (χ4n) is 2.58. The molecule has 152 valence electrons. The molecular formula is C19H20F3NO5. The maximum absolute atomic E-state index is 12.8. The Morgan fingerprint density at radius 3 is 2.07 bits per heavy atom. The van der Waals surface area contributed by atoms with Crippen LogP contribution in [0.1, 0.15) is 31.1 Å². The highest BCUT2D eigenvalue weighted by Crippen LogP contribution is 2.32. The Morgan fingerprint density at radius 2 is 1.61 bits per heavy atom. The summed E-state index contributed by atoms with van der Waals surface area (Å²) in [5, 5.41) is 0. The summed E-state index contributed by atoms with van der Waals surface area (Å²) in [7, 11) is 0. The fourth-order valence-corrected chi connectivity index (χ4v) is 2.58. The van der Waals surface area contributed by atoms with Crippen molar-refractivity contribution in [2.24, 2.45) is 5.92 Å². The van der Waals surface area contributed by atoms with Crippen molar-refractivity contribution in [3.8, 4) is 11.3 Å². The molecule has 6 nitrogen and oxygen atoms in total. The minimum absolute atomic E-state index is 0.0793. The van der Waals surface area contributed by atoms with Crippen LogP contribution < -0.4 is 0 Å². The van der Waals surface area contributed by atoms with Crippen LogP contribution in [0.5, 0.6) is 0 Å². The second-order valence-electron chi connectivity index (χ2n) is 5.84. The van der Waals surface area contributed by atoms with Gasteiger partial charge in [-0.15, -0.1) is 0 Å². The van der Waals surface area contributed by atoms with Crippen LogP contribution in [0, 0.1) is 12.8 Å². The number of ether oxygens (including phenoxy) is 2. The number of rotatable bonds is 7. The van der Waals surface area contributed by atoms with E-state index in [-0.39, 0.29) is 37.0 Å². The zero-order valence-electron chi connectivity index (χ0n) is 15.6. The van der Waals surface area contributed by atoms with Crippen LogP contribution in [-0.2, 0) is 31.7 Å². The molecule has 0 unspecified atom stereocenters. The Balaban J connectivity index is 2.36. The molecule has 1 heterocycles. The van der Waals surface area contributed by atoms with Crippen molar-refractivity contribution in [2.45, 2.75) is 33.4 Å². The average Bonchev–Trinajstić information content (AvgIpc) is 2.99. The summed E-state index contributed by atoms with van der Waals surface area (Å²) >= 11 is 0. The standard InChI is InChI=1S/C19H20F3NO5/c1-4-26-17(24)14(18(25)27-5-2)10-15-16(23-11(3)28-15)12-6-8-13(9-7-12)19(20,21)22/h6-9,14H,4-5,10H2,1-3H3. The second kappa shape index (κ2) is 8.90. The molecule has 0 aliphatic carbocycles. The van der Waals surface area contributed by atoms with E-state index in [1.165, 1.54) is 12.1 Å². The van der Waals surface area contributed by atoms with Gasteiger partial charge in [-0.2, -0.15) is 13.2 Å². The Bertz CT molecular complexity index is 809. The number of carbonyl (C=O) groups is 2. The molecule has 0 spiro atoms. The van der Waals surface area contributed by atoms with Crippen molar-refractivity contribution in [2.75, 3.05) is 13.2 Å². The van der Waals surface area contributed by atoms with Crippen molar-refractivity contribution in [3.05, 3.63) is 41.5 Å². The molecule has 0 saturated heterocycles. The van der Waals surface area contributed by atoms with Gasteiger partial charge < -0.3 is 13.9 Å². The quantitative estimate of drug-likeness (QED) is 0.518. The maximum Gasteiger partial charge on any atom is 0.416 e. The molecule has 0 aliphatic heterocycles. The highest BCUT2D eigenvalue weighted by atomic mass is 19.4. The number of aromatic nitrogens is 1. The molecule has 0 saturated carbocycles. The van der Waals surface area contributed by atoms with Gasteiger partial charge in [0.1, 0.15) is 11.5 Å². The Labute approximate surface area is 159 Å². The summed E-state index contributed by atoms with van der Waals surface area (Å²) in [6, 6.07) is 4.37. The van der Waals surface area contributed by atoms with E-state index in [4.69, 9.17) is 13.9 Å². The molecular weight excluding hydrogens is 379 g/mol. The monoisotopic (exact) mass is 399 g/mol. The predicted molar refractivity (Wildman–Crippen MR) is 92.1 cm³/mol. The van der Waals surface area contributed by atoms with E-state index in [2.05, 4.69) is 4.98 Å². The lowest BCUT2D eigenvalue weighted by Crippen LogP contribution is -2.30. The van der Waals surface area contributed by atoms with Crippen LogP contribution in [0.3, 0.4) is 0 Å². The number of oxazole rings is 1. The highest BCUT2D eigenvalue weighted by Gasteiger charge is 2.33. The van der Waals surface area contributed by atoms with Crippen LogP contribution in [0.15, 0.2) is 28.7 Å². The summed E-state index contributed by atoms with van der Waals surface area (Å²) in [6.07, 6.45) is -4.64. The molecule has 0 aliphatic rings. The normalized spacial score (nSPS) is 11.5. The first kappa shape index (κ1) is 21.5. The van der Waals surface area contributed by atoms with Crippen molar-refractivity contribution in [3.63, 3.8) is 0 Å². The molecule has 1 aromatic carbocycles. The fraction of sp³-hybridized carbons (Fsp3) is 0.421. The molecule has 0 fully saturated rings. The number of halogens is 3. The van der Waals surface area contributed by atoms with Crippen LogP contribution in [0.4, 0.5) is 13.2 Å². The number of esters is 2. The third-order valence-corrected chi connectivity index (χ3v) is 3.82. The van der Waals surface area contributed by atoms with Gasteiger partial charge in [0.2, 0.25) is 0 Å². The second-order valence-corrected chi connectivity index (χ2v) is 5.84. The van der Waals surface area contributed by atoms with Crippen molar-refractivity contribution >= 4 is 11.9 Å². The molecule has 9 heteroatoms. The van der Waals surface area contributed by atoms with Gasteiger partial charge >= 0.3 is 18.1 Å². The smallest absolute Gasteiger partial charge is 0.416 e. The van der Waals surface area contributed by atoms with Gasteiger partial charge in [-0.3, -0.25) is 9.59 Å². The molecule has 0 bridgehead atoms. The number of hydrogen-bond acceptors (Lipinski definition) is 6. The number of benzene rings is 1. The minimum atomic E-state index is -4.46. The van der Waals surface area contributed by atoms with E-state index in [1.807, 2.05) is 0 Å². The van der Waals surface area contributed by atoms with Crippen LogP contribution in [0.2, 0.25) is 0 Å². The van der Waals surface area contributed by atoms with Gasteiger partial charge in [0.25, 0.3) is 0 Å². The molecule has 2 rings (SSSR count). The van der Waals surface area contributed by atoms with Gasteiger partial charge in [0.15, 0.2) is 11.8 Å². The summed E-state index contributed by atoms with van der Waals surface area (Å²) in [4.78, 5) is 28.5. The molecule has 0 amide bonds. The lowest BCUT2D eigenvalue weighted by atomic mass is 10.00. The Kier molecular flexibility index (Phi) is 6.82. The van der Waals surface area contributed by atoms with Crippen molar-refractivity contribution in [1.29, 1.82) is 0 Å². The third-order valence-electron chi connectivity index (χ3n) is 3.82. The van der Waals surface area contributed by atoms with Crippen LogP contribution in [0.25, 0.3) is 11.3 Å². The maximum atomic E-state index is 12.8. The van der Waals surface area contributed by atoms with Gasteiger partial charge in [-0.1, -0.05) is 12.1 Å². The van der Waals surface area contributed by atoms with E-state index in [0.29, 0.717) is 5.56 Å². The predicted octanol–water partition coefficient (Wildman–Crippen LogP) is 3.95. The number of nitrogens with zero attached hydrogens (tertiary/aromatic N) is 1. The Hall–Kier alpha value is -2.84. The molecule has 0 N–H and O–H groups in total. The van der Waals surface area contributed by atoms with E-state index in [1.54, 1.807) is 20.8 Å². The molecule has 1 aromatic heterocycles. The van der Waals surface area contributed by atoms with Gasteiger partial charge in [-0.05, 0) is 26.0 Å². The van der Waals surface area contributed by atoms with E-state index in [9.17, 15) is 22.8 Å². The number of aryl methyl sites for hydroxylation is 1. The highest BCUT2D eigenvalue weighted by molar-refractivity contribution is 5.95. The largest absolute Gasteiger partial charge is 0.465 e. The summed E-state index contributed by atoms with van der Waals surface area (Å²) in [5.74, 6) is -2.37. The molecule has 0 atom stereocenters. The lowest BCUT2D eigenvalue weighted by molar-refractivity contribution is -0.161. The molecule has 0 radical (unpaired) electrons. The minimum Gasteiger partial charge on any atom is -0.465 e. The van der Waals surface area contributed by atoms with Crippen molar-refractivity contribution in [1.82, 2.24) is 4.98 Å². The van der Waals surface area contributed by atoms with E-state index < -0.39 is 29.6 Å². The van der Waals surface area contributed by atoms with E-state index >= 15 is 0 Å². The zero-order valence-corrected chi connectivity index (χ0v) is 15.6. The summed E-state index contributed by atoms with van der Waals surface area (Å²) in [5.41, 5.74) is -0.176. The number of hydrogen-bond donors (Lipinski definition) is 0. The number of alkyl halides is 3. The first-order valence-electron chi connectivity index (χ1n) is 8.64. The molecule has 28 heavy (non-hydrogen) atoms. The van der Waals surface area contributed by atoms with Crippen LogP contribution >= 0.6 is 0 Å². The van der Waals surface area contributed by atoms with E-state index in [0.717, 1.165) is 12.1 Å². The summed E-state index contributed by atoms with van der Waals surface area (Å²) < 4.78 is 53.6. The third kappa shape index (κ3) is 5.11. The van der Waals surface area contributed by atoms with Gasteiger partial charge in [-0.25, -0.2) is 4.98 Å².